The molecule has 0 amide bonds. The quantitative estimate of drug-likeness (QED) is 0.890. The summed E-state index contributed by atoms with van der Waals surface area (Å²) in [7, 11) is 2.01. The van der Waals surface area contributed by atoms with Gasteiger partial charge in [-0.2, -0.15) is 0 Å². The van der Waals surface area contributed by atoms with Crippen LogP contribution < -0.4 is 10.1 Å². The van der Waals surface area contributed by atoms with E-state index in [9.17, 15) is 0 Å². The summed E-state index contributed by atoms with van der Waals surface area (Å²) in [6, 6.07) is 13.3. The van der Waals surface area contributed by atoms with Crippen molar-refractivity contribution in [1.82, 2.24) is 5.32 Å². The average molecular weight is 346 g/mol. The molecule has 2 unspecified atom stereocenters. The van der Waals surface area contributed by atoms with Crippen molar-refractivity contribution in [3.8, 4) is 5.75 Å². The molecular formula is C18H20BrNO. The van der Waals surface area contributed by atoms with Gasteiger partial charge in [-0.3, -0.25) is 0 Å². The summed E-state index contributed by atoms with van der Waals surface area (Å²) in [6.45, 7) is 4.24. The van der Waals surface area contributed by atoms with Gasteiger partial charge >= 0.3 is 0 Å². The van der Waals surface area contributed by atoms with Gasteiger partial charge in [0, 0.05) is 10.9 Å². The normalized spacial score (nSPS) is 18.2. The van der Waals surface area contributed by atoms with Crippen LogP contribution in [-0.2, 0) is 6.42 Å². The second-order valence-electron chi connectivity index (χ2n) is 5.73. The molecule has 0 radical (unpaired) electrons. The van der Waals surface area contributed by atoms with Gasteiger partial charge in [-0.05, 0) is 55.3 Å². The zero-order chi connectivity index (χ0) is 15.0. The van der Waals surface area contributed by atoms with Crippen LogP contribution in [-0.4, -0.2) is 13.2 Å². The lowest BCUT2D eigenvalue weighted by Gasteiger charge is -2.19. The minimum Gasteiger partial charge on any atom is -0.490 e. The molecule has 3 heteroatoms. The Labute approximate surface area is 134 Å². The van der Waals surface area contributed by atoms with Gasteiger partial charge in [0.15, 0.2) is 0 Å². The monoisotopic (exact) mass is 345 g/mol. The first-order valence-corrected chi connectivity index (χ1v) is 8.10. The minimum absolute atomic E-state index is 0.206. The number of halogens is 1. The molecule has 21 heavy (non-hydrogen) atoms. The fraction of sp³-hybridized carbons (Fsp3) is 0.333. The van der Waals surface area contributed by atoms with Crippen molar-refractivity contribution in [2.75, 3.05) is 7.05 Å². The lowest BCUT2D eigenvalue weighted by Crippen LogP contribution is -2.17. The number of aryl methyl sites for hydroxylation is 1. The highest BCUT2D eigenvalue weighted by atomic mass is 79.9. The molecule has 2 nitrogen and oxygen atoms in total. The number of hydrogen-bond acceptors (Lipinski definition) is 2. The predicted octanol–water partition coefficient (Wildman–Crippen LogP) is 4.39. The lowest BCUT2D eigenvalue weighted by atomic mass is 9.95. The van der Waals surface area contributed by atoms with Crippen molar-refractivity contribution in [1.29, 1.82) is 0 Å². The van der Waals surface area contributed by atoms with E-state index in [1.54, 1.807) is 0 Å². The Bertz CT molecular complexity index is 668. The van der Waals surface area contributed by atoms with Crippen molar-refractivity contribution in [3.63, 3.8) is 0 Å². The lowest BCUT2D eigenvalue weighted by molar-refractivity contribution is 0.254. The van der Waals surface area contributed by atoms with Crippen molar-refractivity contribution in [2.45, 2.75) is 32.4 Å². The predicted molar refractivity (Wildman–Crippen MR) is 90.0 cm³/mol. The van der Waals surface area contributed by atoms with Gasteiger partial charge in [0.05, 0.1) is 6.04 Å². The SMILES string of the molecule is CNC(c1ccc(Br)c(C)c1)c1ccc2c(c1)CC(C)O2. The van der Waals surface area contributed by atoms with Crippen LogP contribution in [0.5, 0.6) is 5.75 Å². The Morgan fingerprint density at radius 3 is 2.62 bits per heavy atom. The van der Waals surface area contributed by atoms with Crippen LogP contribution in [0.3, 0.4) is 0 Å². The van der Waals surface area contributed by atoms with Gasteiger partial charge < -0.3 is 10.1 Å². The van der Waals surface area contributed by atoms with E-state index in [2.05, 4.69) is 71.5 Å². The number of nitrogens with one attached hydrogen (secondary N) is 1. The maximum absolute atomic E-state index is 5.79. The standard InChI is InChI=1S/C18H20BrNO/c1-11-8-13(4-6-16(11)19)18(20-3)14-5-7-17-15(10-14)9-12(2)21-17/h4-8,10,12,18,20H,9H2,1-3H3. The first kappa shape index (κ1) is 14.6. The maximum atomic E-state index is 5.79. The van der Waals surface area contributed by atoms with Crippen LogP contribution in [0.4, 0.5) is 0 Å². The summed E-state index contributed by atoms with van der Waals surface area (Å²) < 4.78 is 6.94. The van der Waals surface area contributed by atoms with E-state index in [0.29, 0.717) is 6.10 Å². The summed E-state index contributed by atoms with van der Waals surface area (Å²) in [5.74, 6) is 1.04. The summed E-state index contributed by atoms with van der Waals surface area (Å²) in [5.41, 5.74) is 5.14. The highest BCUT2D eigenvalue weighted by Gasteiger charge is 2.21. The Kier molecular flexibility index (Phi) is 4.05. The molecule has 110 valence electrons. The molecule has 2 atom stereocenters. The molecular weight excluding hydrogens is 326 g/mol. The van der Waals surface area contributed by atoms with Gasteiger partial charge in [0.2, 0.25) is 0 Å². The molecule has 0 fully saturated rings. The van der Waals surface area contributed by atoms with E-state index >= 15 is 0 Å². The first-order chi connectivity index (χ1) is 10.1. The van der Waals surface area contributed by atoms with Crippen LogP contribution in [0.15, 0.2) is 40.9 Å². The third-order valence-corrected chi connectivity index (χ3v) is 4.95. The second kappa shape index (κ2) is 5.82. The maximum Gasteiger partial charge on any atom is 0.123 e. The van der Waals surface area contributed by atoms with Crippen LogP contribution >= 0.6 is 15.9 Å². The topological polar surface area (TPSA) is 21.3 Å². The summed E-state index contributed by atoms with van der Waals surface area (Å²) >= 11 is 3.57. The van der Waals surface area contributed by atoms with E-state index in [1.807, 2.05) is 7.05 Å². The smallest absolute Gasteiger partial charge is 0.123 e. The van der Waals surface area contributed by atoms with Crippen molar-refractivity contribution in [3.05, 3.63) is 63.1 Å². The number of benzene rings is 2. The van der Waals surface area contributed by atoms with Crippen LogP contribution in [0.25, 0.3) is 0 Å². The highest BCUT2D eigenvalue weighted by molar-refractivity contribution is 9.10. The van der Waals surface area contributed by atoms with Gasteiger partial charge in [-0.1, -0.05) is 40.2 Å². The fourth-order valence-corrected chi connectivity index (χ4v) is 3.24. The average Bonchev–Trinajstić information content (AvgIpc) is 2.83. The third-order valence-electron chi connectivity index (χ3n) is 4.06. The van der Waals surface area contributed by atoms with Crippen LogP contribution in [0.2, 0.25) is 0 Å². The van der Waals surface area contributed by atoms with E-state index in [-0.39, 0.29) is 6.04 Å². The van der Waals surface area contributed by atoms with E-state index in [0.717, 1.165) is 16.6 Å². The third kappa shape index (κ3) is 2.85. The Morgan fingerprint density at radius 1 is 1.19 bits per heavy atom. The molecule has 0 spiro atoms. The molecule has 0 saturated heterocycles. The molecule has 0 aliphatic carbocycles. The van der Waals surface area contributed by atoms with E-state index in [4.69, 9.17) is 4.74 Å². The van der Waals surface area contributed by atoms with Crippen molar-refractivity contribution >= 4 is 15.9 Å². The van der Waals surface area contributed by atoms with Gasteiger partial charge in [0.1, 0.15) is 11.9 Å². The molecule has 0 bridgehead atoms. The zero-order valence-corrected chi connectivity index (χ0v) is 14.2. The number of fused-ring (bicyclic) bond motifs is 1. The Morgan fingerprint density at radius 2 is 1.90 bits per heavy atom. The molecule has 1 N–H and O–H groups in total. The van der Waals surface area contributed by atoms with Gasteiger partial charge in [-0.25, -0.2) is 0 Å². The van der Waals surface area contributed by atoms with Crippen LogP contribution in [0.1, 0.15) is 35.2 Å². The Hall–Kier alpha value is -1.32. The summed E-state index contributed by atoms with van der Waals surface area (Å²) in [6.07, 6.45) is 1.29. The minimum atomic E-state index is 0.206. The fourth-order valence-electron chi connectivity index (χ4n) is 2.99. The molecule has 3 rings (SSSR count). The first-order valence-electron chi connectivity index (χ1n) is 7.31. The molecule has 2 aromatic carbocycles. The molecule has 1 aliphatic heterocycles. The van der Waals surface area contributed by atoms with Gasteiger partial charge in [0.25, 0.3) is 0 Å². The van der Waals surface area contributed by atoms with Crippen molar-refractivity contribution < 1.29 is 4.74 Å². The molecule has 0 saturated carbocycles. The van der Waals surface area contributed by atoms with Crippen LogP contribution in [0, 0.1) is 6.92 Å². The molecule has 1 aliphatic rings. The Balaban J connectivity index is 1.97. The van der Waals surface area contributed by atoms with Crippen molar-refractivity contribution in [2.24, 2.45) is 0 Å². The highest BCUT2D eigenvalue weighted by Crippen LogP contribution is 2.33. The van der Waals surface area contributed by atoms with Gasteiger partial charge in [-0.15, -0.1) is 0 Å². The summed E-state index contributed by atoms with van der Waals surface area (Å²) in [4.78, 5) is 0. The summed E-state index contributed by atoms with van der Waals surface area (Å²) in [5, 5.41) is 3.43. The number of ether oxygens (including phenoxy) is 1. The molecule has 2 aromatic rings. The number of rotatable bonds is 3. The largest absolute Gasteiger partial charge is 0.490 e. The second-order valence-corrected chi connectivity index (χ2v) is 6.58. The van der Waals surface area contributed by atoms with E-state index in [1.165, 1.54) is 22.3 Å². The molecule has 1 heterocycles. The zero-order valence-electron chi connectivity index (χ0n) is 12.6. The van der Waals surface area contributed by atoms with E-state index < -0.39 is 0 Å². The number of hydrogen-bond donors (Lipinski definition) is 1. The molecule has 0 aromatic heterocycles.